The molecule has 0 saturated carbocycles. The Morgan fingerprint density at radius 2 is 1.90 bits per heavy atom. The minimum absolute atomic E-state index is 0. The van der Waals surface area contributed by atoms with Crippen molar-refractivity contribution >= 4 is 16.3 Å². The molecule has 0 aliphatic heterocycles. The van der Waals surface area contributed by atoms with E-state index in [1.807, 2.05) is 0 Å². The van der Waals surface area contributed by atoms with Crippen LogP contribution in [0, 0.1) is 0 Å². The predicted molar refractivity (Wildman–Crippen MR) is 79.7 cm³/mol. The van der Waals surface area contributed by atoms with Gasteiger partial charge in [-0.2, -0.15) is 0 Å². The molecule has 0 bridgehead atoms. The van der Waals surface area contributed by atoms with Gasteiger partial charge in [0.1, 0.15) is 0 Å². The van der Waals surface area contributed by atoms with Crippen LogP contribution < -0.4 is 34.0 Å². The van der Waals surface area contributed by atoms with Gasteiger partial charge in [-0.3, -0.25) is 0 Å². The van der Waals surface area contributed by atoms with E-state index in [2.05, 4.69) is 55.5 Å². The third-order valence-electron chi connectivity index (χ3n) is 3.79. The summed E-state index contributed by atoms with van der Waals surface area (Å²) in [5.74, 6) is 0. The van der Waals surface area contributed by atoms with Crippen molar-refractivity contribution in [2.24, 2.45) is 0 Å². The maximum absolute atomic E-state index is 2.34. The van der Waals surface area contributed by atoms with Crippen LogP contribution in [0.1, 0.15) is 38.2 Å². The number of fused-ring (bicyclic) bond motifs is 1. The zero-order chi connectivity index (χ0) is 12.4. The average Bonchev–Trinajstić information content (AvgIpc) is 3.01. The molecule has 0 radical (unpaired) electrons. The van der Waals surface area contributed by atoms with Crippen LogP contribution in [-0.4, -0.2) is 0 Å². The molecule has 1 aliphatic rings. The molecule has 0 unspecified atom stereocenters. The van der Waals surface area contributed by atoms with Gasteiger partial charge < -0.3 is 34.0 Å². The molecule has 0 fully saturated rings. The maximum Gasteiger partial charge on any atom is 0 e. The van der Waals surface area contributed by atoms with Gasteiger partial charge in [0.05, 0.1) is 0 Å². The quantitative estimate of drug-likeness (QED) is 0.341. The molecular weight excluding hydrogens is 554 g/mol. The van der Waals surface area contributed by atoms with E-state index in [1.54, 1.807) is 11.1 Å². The van der Waals surface area contributed by atoms with Crippen molar-refractivity contribution in [3.05, 3.63) is 59.7 Å². The summed E-state index contributed by atoms with van der Waals surface area (Å²) in [7, 11) is 0. The third-order valence-corrected chi connectivity index (χ3v) is 3.79. The van der Waals surface area contributed by atoms with Crippen LogP contribution in [0.2, 0.25) is 0 Å². The second-order valence-corrected chi connectivity index (χ2v) is 5.09. The molecule has 2 aromatic carbocycles. The smallest absolute Gasteiger partial charge is 0 e. The number of allylic oxidation sites excluding steroid dienone is 4. The molecule has 3 heteroatoms. The Kier molecular flexibility index (Phi) is 10.1. The molecule has 112 valence electrons. The summed E-state index contributed by atoms with van der Waals surface area (Å²) in [4.78, 5) is 0. The van der Waals surface area contributed by atoms with Crippen molar-refractivity contribution in [1.29, 1.82) is 0 Å². The van der Waals surface area contributed by atoms with Crippen LogP contribution in [0.5, 0.6) is 0 Å². The fourth-order valence-electron chi connectivity index (χ4n) is 2.78. The molecule has 1 aliphatic carbocycles. The fraction of sp³-hybridized carbons (Fsp3) is 0.278. The van der Waals surface area contributed by atoms with E-state index in [0.717, 1.165) is 6.42 Å². The summed E-state index contributed by atoms with van der Waals surface area (Å²) in [6.45, 7) is 2.26. The minimum Gasteiger partial charge on any atom is -1.00 e. The van der Waals surface area contributed by atoms with Crippen molar-refractivity contribution in [2.75, 3.05) is 0 Å². The maximum atomic E-state index is 2.34. The monoisotopic (exact) mass is 573 g/mol. The Labute approximate surface area is 167 Å². The molecule has 2 aromatic rings. The largest absolute Gasteiger partial charge is 1.00 e. The second-order valence-electron chi connectivity index (χ2n) is 5.09. The van der Waals surface area contributed by atoms with Gasteiger partial charge in [-0.1, -0.05) is 61.3 Å². The van der Waals surface area contributed by atoms with Gasteiger partial charge in [-0.05, 0) is 12.8 Å². The summed E-state index contributed by atoms with van der Waals surface area (Å²) in [5.41, 5.74) is 4.51. The standard InChI is InChI=1S/C18H19.2BrH.Hf/c1-2-3-7-14-10-6-11-18(14)17-12-15-8-4-5-9-16(15)13-17;;;/h4-6,8-10,12-13H,2-3,7,11H2,1H3;2*1H;/q-1;;;/p-2. The van der Waals surface area contributed by atoms with Crippen molar-refractivity contribution in [3.8, 4) is 0 Å². The van der Waals surface area contributed by atoms with Crippen molar-refractivity contribution < 1.29 is 59.8 Å². The first-order valence-corrected chi connectivity index (χ1v) is 6.93. The zero-order valence-corrected chi connectivity index (χ0v) is 19.0. The molecule has 0 spiro atoms. The van der Waals surface area contributed by atoms with Crippen LogP contribution in [-0.2, 0) is 25.8 Å². The summed E-state index contributed by atoms with van der Waals surface area (Å²) < 4.78 is 0. The summed E-state index contributed by atoms with van der Waals surface area (Å²) in [6, 6.07) is 13.3. The Hall–Kier alpha value is 0.140. The van der Waals surface area contributed by atoms with Crippen LogP contribution in [0.25, 0.3) is 16.3 Å². The van der Waals surface area contributed by atoms with E-state index in [9.17, 15) is 0 Å². The van der Waals surface area contributed by atoms with E-state index in [1.165, 1.54) is 35.6 Å². The van der Waals surface area contributed by atoms with Gasteiger partial charge in [-0.15, -0.1) is 34.5 Å². The molecule has 0 N–H and O–H groups in total. The summed E-state index contributed by atoms with van der Waals surface area (Å²) >= 11 is 0. The molecule has 0 nitrogen and oxygen atoms in total. The second kappa shape index (κ2) is 10.0. The normalized spacial score (nSPS) is 12.8. The van der Waals surface area contributed by atoms with E-state index < -0.39 is 0 Å². The van der Waals surface area contributed by atoms with Crippen molar-refractivity contribution in [2.45, 2.75) is 32.6 Å². The Balaban J connectivity index is 0.00000133. The van der Waals surface area contributed by atoms with Crippen molar-refractivity contribution in [3.63, 3.8) is 0 Å². The van der Waals surface area contributed by atoms with Crippen molar-refractivity contribution in [1.82, 2.24) is 0 Å². The van der Waals surface area contributed by atoms with Crippen LogP contribution in [0.4, 0.5) is 0 Å². The average molecular weight is 574 g/mol. The number of hydrogen-bond donors (Lipinski definition) is 0. The molecular formula is C18H19Br2Hf-3. The first-order chi connectivity index (χ1) is 8.88. The van der Waals surface area contributed by atoms with Crippen LogP contribution >= 0.6 is 0 Å². The van der Waals surface area contributed by atoms with Gasteiger partial charge in [0.25, 0.3) is 0 Å². The van der Waals surface area contributed by atoms with Gasteiger partial charge in [0.2, 0.25) is 0 Å². The molecule has 0 heterocycles. The first-order valence-electron chi connectivity index (χ1n) is 6.93. The SMILES string of the molecule is CCCCC1=C(c2cc3ccccc3[cH-]2)CC=C1.[Br-].[Br-].[Hf]. The Morgan fingerprint density at radius 3 is 2.62 bits per heavy atom. The van der Waals surface area contributed by atoms with E-state index in [0.29, 0.717) is 0 Å². The van der Waals surface area contributed by atoms with Gasteiger partial charge in [0, 0.05) is 25.8 Å². The number of halogens is 2. The summed E-state index contributed by atoms with van der Waals surface area (Å²) in [6.07, 6.45) is 9.52. The predicted octanol–water partition coefficient (Wildman–Crippen LogP) is -0.532. The zero-order valence-electron chi connectivity index (χ0n) is 12.2. The Bertz CT molecular complexity index is 590. The van der Waals surface area contributed by atoms with E-state index in [4.69, 9.17) is 0 Å². The minimum atomic E-state index is 0. The fourth-order valence-corrected chi connectivity index (χ4v) is 2.78. The third kappa shape index (κ3) is 4.80. The van der Waals surface area contributed by atoms with E-state index in [-0.39, 0.29) is 59.8 Å². The van der Waals surface area contributed by atoms with Crippen LogP contribution in [0.3, 0.4) is 0 Å². The van der Waals surface area contributed by atoms with E-state index >= 15 is 0 Å². The van der Waals surface area contributed by atoms with Gasteiger partial charge in [-0.25, -0.2) is 0 Å². The number of hydrogen-bond acceptors (Lipinski definition) is 0. The van der Waals surface area contributed by atoms with Gasteiger partial charge in [0.15, 0.2) is 0 Å². The van der Waals surface area contributed by atoms with Crippen LogP contribution in [0.15, 0.2) is 54.1 Å². The molecule has 3 rings (SSSR count). The number of unbranched alkanes of at least 4 members (excludes halogenated alkanes) is 1. The van der Waals surface area contributed by atoms with Gasteiger partial charge >= 0.3 is 0 Å². The Morgan fingerprint density at radius 1 is 1.14 bits per heavy atom. The summed E-state index contributed by atoms with van der Waals surface area (Å²) in [5, 5.41) is 2.73. The molecule has 0 amide bonds. The number of benzene rings is 1. The number of rotatable bonds is 4. The molecule has 21 heavy (non-hydrogen) atoms. The topological polar surface area (TPSA) is 0 Å². The first kappa shape index (κ1) is 21.1. The molecule has 0 aromatic heterocycles. The molecule has 0 saturated heterocycles. The molecule has 0 atom stereocenters.